The molecule has 0 bridgehead atoms. The van der Waals surface area contributed by atoms with Crippen molar-refractivity contribution < 1.29 is 0 Å². The third-order valence-electron chi connectivity index (χ3n) is 1.12. The fourth-order valence-corrected chi connectivity index (χ4v) is 0.990. The van der Waals surface area contributed by atoms with E-state index in [0.717, 1.165) is 0 Å². The Kier molecular flexibility index (Phi) is 2.58. The molecule has 1 rings (SSSR count). The number of hydrogen-bond donors (Lipinski definition) is 1. The van der Waals surface area contributed by atoms with Crippen LogP contribution in [-0.4, -0.2) is 0 Å². The van der Waals surface area contributed by atoms with E-state index < -0.39 is 0 Å². The van der Waals surface area contributed by atoms with Crippen LogP contribution in [0.2, 0.25) is 10.0 Å². The Bertz CT molecular complexity index is 304. The molecule has 1 aromatic carbocycles. The highest BCUT2D eigenvalue weighted by Gasteiger charge is 1.98. The van der Waals surface area contributed by atoms with E-state index in [4.69, 9.17) is 28.5 Å². The molecule has 1 N–H and O–H groups in total. The molecule has 0 spiro atoms. The van der Waals surface area contributed by atoms with Gasteiger partial charge in [0.05, 0.1) is 10.7 Å². The van der Waals surface area contributed by atoms with Gasteiger partial charge in [-0.25, -0.2) is 0 Å². The summed E-state index contributed by atoms with van der Waals surface area (Å²) in [7, 11) is 0. The van der Waals surface area contributed by atoms with E-state index in [1.807, 2.05) is 0 Å². The Morgan fingerprint density at radius 3 is 2.73 bits per heavy atom. The summed E-state index contributed by atoms with van der Waals surface area (Å²) in [5, 5.41) is 11.7. The molecule has 0 aromatic heterocycles. The van der Waals surface area contributed by atoms with Gasteiger partial charge >= 0.3 is 0 Å². The van der Waals surface area contributed by atoms with Crippen molar-refractivity contribution >= 4 is 28.9 Å². The zero-order chi connectivity index (χ0) is 8.27. The van der Waals surface area contributed by atoms with E-state index in [2.05, 4.69) is 5.32 Å². The minimum atomic E-state index is 0.482. The normalized spacial score (nSPS) is 8.82. The lowest BCUT2D eigenvalue weighted by Crippen LogP contribution is -1.87. The Hall–Kier alpha value is -0.910. The second-order valence-electron chi connectivity index (χ2n) is 1.86. The summed E-state index contributed by atoms with van der Waals surface area (Å²) in [5.41, 5.74) is 0.529. The summed E-state index contributed by atoms with van der Waals surface area (Å²) in [6, 6.07) is 4.88. The van der Waals surface area contributed by atoms with E-state index in [1.54, 1.807) is 24.4 Å². The molecule has 0 unspecified atom stereocenters. The summed E-state index contributed by atoms with van der Waals surface area (Å²) in [6.45, 7) is 0. The molecule has 11 heavy (non-hydrogen) atoms. The number of hydrogen-bond acceptors (Lipinski definition) is 2. The van der Waals surface area contributed by atoms with Crippen LogP contribution < -0.4 is 5.32 Å². The van der Waals surface area contributed by atoms with Gasteiger partial charge in [-0.15, -0.1) is 0 Å². The monoisotopic (exact) mass is 186 g/mol. The van der Waals surface area contributed by atoms with E-state index in [-0.39, 0.29) is 0 Å². The van der Waals surface area contributed by atoms with Gasteiger partial charge in [0, 0.05) is 5.02 Å². The van der Waals surface area contributed by atoms with Crippen molar-refractivity contribution in [2.75, 3.05) is 5.32 Å². The first kappa shape index (κ1) is 8.19. The van der Waals surface area contributed by atoms with Crippen LogP contribution in [0.15, 0.2) is 18.2 Å². The highest BCUT2D eigenvalue weighted by atomic mass is 35.5. The van der Waals surface area contributed by atoms with E-state index in [9.17, 15) is 0 Å². The lowest BCUT2D eigenvalue weighted by atomic mass is 10.3. The van der Waals surface area contributed by atoms with E-state index in [1.165, 1.54) is 0 Å². The van der Waals surface area contributed by atoms with Gasteiger partial charge in [0.15, 0.2) is 6.19 Å². The van der Waals surface area contributed by atoms with Gasteiger partial charge in [0.1, 0.15) is 0 Å². The number of anilines is 1. The third-order valence-corrected chi connectivity index (χ3v) is 1.68. The van der Waals surface area contributed by atoms with Crippen molar-refractivity contribution in [3.05, 3.63) is 28.2 Å². The largest absolute Gasteiger partial charge is 0.291 e. The Morgan fingerprint density at radius 2 is 2.09 bits per heavy atom. The molecule has 0 amide bonds. The van der Waals surface area contributed by atoms with E-state index >= 15 is 0 Å². The van der Waals surface area contributed by atoms with Crippen LogP contribution in [0.4, 0.5) is 5.69 Å². The van der Waals surface area contributed by atoms with Crippen molar-refractivity contribution in [1.82, 2.24) is 0 Å². The van der Waals surface area contributed by atoms with Crippen LogP contribution >= 0.6 is 23.2 Å². The molecule has 0 aliphatic heterocycles. The molecule has 0 atom stereocenters. The van der Waals surface area contributed by atoms with Gasteiger partial charge in [-0.05, 0) is 18.2 Å². The number of benzene rings is 1. The summed E-state index contributed by atoms with van der Waals surface area (Å²) in [4.78, 5) is 0. The third kappa shape index (κ3) is 2.01. The van der Waals surface area contributed by atoms with Crippen LogP contribution in [0.5, 0.6) is 0 Å². The minimum absolute atomic E-state index is 0.482. The lowest BCUT2D eigenvalue weighted by molar-refractivity contribution is 1.47. The van der Waals surface area contributed by atoms with Crippen LogP contribution in [0, 0.1) is 11.5 Å². The van der Waals surface area contributed by atoms with Crippen molar-refractivity contribution in [1.29, 1.82) is 5.26 Å². The summed E-state index contributed by atoms with van der Waals surface area (Å²) < 4.78 is 0. The second-order valence-corrected chi connectivity index (χ2v) is 2.70. The van der Waals surface area contributed by atoms with Crippen LogP contribution in [0.1, 0.15) is 0 Å². The van der Waals surface area contributed by atoms with Gasteiger partial charge < -0.3 is 0 Å². The Labute approximate surface area is 74.3 Å². The van der Waals surface area contributed by atoms with Gasteiger partial charge in [0.25, 0.3) is 0 Å². The molecule has 0 fully saturated rings. The average Bonchev–Trinajstić information content (AvgIpc) is 1.98. The topological polar surface area (TPSA) is 35.8 Å². The Morgan fingerprint density at radius 1 is 1.36 bits per heavy atom. The zero-order valence-electron chi connectivity index (χ0n) is 5.44. The molecule has 56 valence electrons. The maximum atomic E-state index is 8.27. The van der Waals surface area contributed by atoms with Crippen molar-refractivity contribution in [3.63, 3.8) is 0 Å². The smallest absolute Gasteiger partial charge is 0.181 e. The summed E-state index contributed by atoms with van der Waals surface area (Å²) in [6.07, 6.45) is 1.76. The first-order valence-electron chi connectivity index (χ1n) is 2.84. The summed E-state index contributed by atoms with van der Waals surface area (Å²) >= 11 is 11.3. The number of halogens is 2. The molecule has 0 heterocycles. The fraction of sp³-hybridized carbons (Fsp3) is 0. The highest BCUT2D eigenvalue weighted by Crippen LogP contribution is 2.24. The van der Waals surface area contributed by atoms with E-state index in [0.29, 0.717) is 15.7 Å². The fourth-order valence-electron chi connectivity index (χ4n) is 0.654. The summed E-state index contributed by atoms with van der Waals surface area (Å²) in [5.74, 6) is 0. The van der Waals surface area contributed by atoms with Crippen LogP contribution in [-0.2, 0) is 0 Å². The molecule has 1 aromatic rings. The standard InChI is InChI=1S/C7H4Cl2N2/c8-5-1-2-6(9)7(3-5)11-4-10/h1-3,11H. The quantitative estimate of drug-likeness (QED) is 0.541. The molecule has 2 nitrogen and oxygen atoms in total. The molecular formula is C7H4Cl2N2. The average molecular weight is 187 g/mol. The lowest BCUT2D eigenvalue weighted by Gasteiger charge is -1.99. The first-order chi connectivity index (χ1) is 5.24. The Balaban J connectivity index is 3.05. The number of nitrogens with one attached hydrogen (secondary N) is 1. The van der Waals surface area contributed by atoms with Gasteiger partial charge in [-0.2, -0.15) is 5.26 Å². The zero-order valence-corrected chi connectivity index (χ0v) is 6.95. The van der Waals surface area contributed by atoms with Crippen LogP contribution in [0.3, 0.4) is 0 Å². The SMILES string of the molecule is N#CNc1cc(Cl)ccc1Cl. The predicted octanol–water partition coefficient (Wildman–Crippen LogP) is 2.89. The second kappa shape index (κ2) is 3.47. The molecule has 0 radical (unpaired) electrons. The van der Waals surface area contributed by atoms with Gasteiger partial charge in [-0.3, -0.25) is 5.32 Å². The molecule has 0 aliphatic carbocycles. The van der Waals surface area contributed by atoms with Crippen molar-refractivity contribution in [3.8, 4) is 6.19 Å². The molecule has 4 heteroatoms. The molecule has 0 saturated carbocycles. The van der Waals surface area contributed by atoms with Gasteiger partial charge in [-0.1, -0.05) is 23.2 Å². The first-order valence-corrected chi connectivity index (χ1v) is 3.60. The predicted molar refractivity (Wildman–Crippen MR) is 45.7 cm³/mol. The minimum Gasteiger partial charge on any atom is -0.291 e. The maximum Gasteiger partial charge on any atom is 0.181 e. The van der Waals surface area contributed by atoms with Crippen LogP contribution in [0.25, 0.3) is 0 Å². The molecule has 0 aliphatic rings. The number of nitriles is 1. The molecular weight excluding hydrogens is 183 g/mol. The van der Waals surface area contributed by atoms with Crippen molar-refractivity contribution in [2.45, 2.75) is 0 Å². The van der Waals surface area contributed by atoms with Crippen molar-refractivity contribution in [2.24, 2.45) is 0 Å². The maximum absolute atomic E-state index is 8.27. The van der Waals surface area contributed by atoms with Gasteiger partial charge in [0.2, 0.25) is 0 Å². The number of rotatable bonds is 1. The highest BCUT2D eigenvalue weighted by molar-refractivity contribution is 6.35. The number of nitrogens with zero attached hydrogens (tertiary/aromatic N) is 1. The molecule has 0 saturated heterocycles.